The second kappa shape index (κ2) is 4.14. The van der Waals surface area contributed by atoms with E-state index in [4.69, 9.17) is 10.5 Å². The molecular weight excluding hydrogens is 210 g/mol. The Morgan fingerprint density at radius 2 is 2.13 bits per heavy atom. The van der Waals surface area contributed by atoms with Crippen molar-refractivity contribution >= 4 is 17.4 Å². The van der Waals surface area contributed by atoms with Crippen molar-refractivity contribution in [3.63, 3.8) is 0 Å². The van der Waals surface area contributed by atoms with Gasteiger partial charge >= 0.3 is 6.09 Å². The lowest BCUT2D eigenvalue weighted by molar-refractivity contribution is 0.211. The Bertz CT molecular complexity index is 465. The van der Waals surface area contributed by atoms with Gasteiger partial charge in [0.2, 0.25) is 0 Å². The highest BCUT2D eigenvalue weighted by atomic mass is 32.1. The van der Waals surface area contributed by atoms with E-state index in [1.54, 1.807) is 23.5 Å². The molecule has 1 aromatic heterocycles. The van der Waals surface area contributed by atoms with Crippen LogP contribution in [-0.2, 0) is 0 Å². The van der Waals surface area contributed by atoms with Crippen LogP contribution >= 0.6 is 11.3 Å². The quantitative estimate of drug-likeness (QED) is 0.844. The lowest BCUT2D eigenvalue weighted by Gasteiger charge is -2.02. The van der Waals surface area contributed by atoms with Gasteiger partial charge in [0.1, 0.15) is 5.75 Å². The van der Waals surface area contributed by atoms with Gasteiger partial charge < -0.3 is 10.5 Å². The number of carbonyl (C=O) groups excluding carboxylic acids is 1. The zero-order chi connectivity index (χ0) is 10.7. The minimum Gasteiger partial charge on any atom is -0.410 e. The normalized spacial score (nSPS) is 9.87. The van der Waals surface area contributed by atoms with Gasteiger partial charge in [0.15, 0.2) is 0 Å². The molecule has 1 amide bonds. The first-order valence-corrected chi connectivity index (χ1v) is 5.25. The number of ether oxygens (including phenoxy) is 1. The minimum absolute atomic E-state index is 0.466. The molecule has 2 N–H and O–H groups in total. The van der Waals surface area contributed by atoms with Crippen molar-refractivity contribution in [3.05, 3.63) is 41.8 Å². The third kappa shape index (κ3) is 2.35. The van der Waals surface area contributed by atoms with Gasteiger partial charge in [-0.2, -0.15) is 0 Å². The number of hydrogen-bond acceptors (Lipinski definition) is 3. The van der Waals surface area contributed by atoms with Crippen LogP contribution in [0.5, 0.6) is 5.75 Å². The Morgan fingerprint density at radius 1 is 1.27 bits per heavy atom. The van der Waals surface area contributed by atoms with E-state index in [0.29, 0.717) is 5.75 Å². The molecule has 0 fully saturated rings. The molecule has 2 rings (SSSR count). The number of amides is 1. The number of primary amides is 1. The molecule has 0 bridgehead atoms. The molecule has 4 heteroatoms. The summed E-state index contributed by atoms with van der Waals surface area (Å²) < 4.78 is 4.80. The fraction of sp³-hybridized carbons (Fsp3) is 0. The van der Waals surface area contributed by atoms with Gasteiger partial charge in [-0.25, -0.2) is 4.79 Å². The Labute approximate surface area is 91.1 Å². The maximum atomic E-state index is 10.6. The second-order valence-corrected chi connectivity index (χ2v) is 3.87. The SMILES string of the molecule is NC(=O)Oc1cccc(-c2cccs2)c1. The minimum atomic E-state index is -0.793. The van der Waals surface area contributed by atoms with Crippen LogP contribution in [0.15, 0.2) is 41.8 Å². The Morgan fingerprint density at radius 3 is 2.80 bits per heavy atom. The summed E-state index contributed by atoms with van der Waals surface area (Å²) >= 11 is 1.63. The summed E-state index contributed by atoms with van der Waals surface area (Å²) in [6, 6.07) is 11.3. The largest absolute Gasteiger partial charge is 0.410 e. The summed E-state index contributed by atoms with van der Waals surface area (Å²) in [4.78, 5) is 11.7. The molecule has 1 heterocycles. The Balaban J connectivity index is 2.31. The smallest absolute Gasteiger partial charge is 0.409 e. The average molecular weight is 219 g/mol. The van der Waals surface area contributed by atoms with E-state index in [0.717, 1.165) is 10.4 Å². The zero-order valence-electron chi connectivity index (χ0n) is 7.84. The predicted octanol–water partition coefficient (Wildman–Crippen LogP) is 2.87. The van der Waals surface area contributed by atoms with Crippen molar-refractivity contribution in [2.45, 2.75) is 0 Å². The van der Waals surface area contributed by atoms with Gasteiger partial charge in [-0.05, 0) is 29.1 Å². The third-order valence-corrected chi connectivity index (χ3v) is 2.78. The van der Waals surface area contributed by atoms with Gasteiger partial charge in [-0.3, -0.25) is 0 Å². The van der Waals surface area contributed by atoms with Crippen molar-refractivity contribution in [1.29, 1.82) is 0 Å². The first kappa shape index (κ1) is 9.73. The van der Waals surface area contributed by atoms with E-state index in [-0.39, 0.29) is 0 Å². The summed E-state index contributed by atoms with van der Waals surface area (Å²) in [7, 11) is 0. The lowest BCUT2D eigenvalue weighted by Crippen LogP contribution is -2.16. The highest BCUT2D eigenvalue weighted by Crippen LogP contribution is 2.27. The molecular formula is C11H9NO2S. The molecule has 0 spiro atoms. The predicted molar refractivity (Wildman–Crippen MR) is 60.0 cm³/mol. The van der Waals surface area contributed by atoms with Gasteiger partial charge in [0, 0.05) is 4.88 Å². The molecule has 0 aliphatic heterocycles. The van der Waals surface area contributed by atoms with Crippen molar-refractivity contribution in [2.75, 3.05) is 0 Å². The van der Waals surface area contributed by atoms with Crippen molar-refractivity contribution in [2.24, 2.45) is 5.73 Å². The van der Waals surface area contributed by atoms with E-state index >= 15 is 0 Å². The van der Waals surface area contributed by atoms with E-state index in [1.807, 2.05) is 29.6 Å². The number of hydrogen-bond donors (Lipinski definition) is 1. The summed E-state index contributed by atoms with van der Waals surface area (Å²) in [5.74, 6) is 0.466. The van der Waals surface area contributed by atoms with E-state index < -0.39 is 6.09 Å². The highest BCUT2D eigenvalue weighted by Gasteiger charge is 2.02. The number of thiophene rings is 1. The summed E-state index contributed by atoms with van der Waals surface area (Å²) in [6.45, 7) is 0. The van der Waals surface area contributed by atoms with Crippen molar-refractivity contribution in [1.82, 2.24) is 0 Å². The molecule has 15 heavy (non-hydrogen) atoms. The molecule has 0 radical (unpaired) electrons. The van der Waals surface area contributed by atoms with Gasteiger partial charge in [0.25, 0.3) is 0 Å². The van der Waals surface area contributed by atoms with Crippen LogP contribution in [0, 0.1) is 0 Å². The fourth-order valence-electron chi connectivity index (χ4n) is 1.27. The third-order valence-electron chi connectivity index (χ3n) is 1.86. The topological polar surface area (TPSA) is 52.3 Å². The molecule has 0 aliphatic rings. The molecule has 0 unspecified atom stereocenters. The lowest BCUT2D eigenvalue weighted by atomic mass is 10.2. The van der Waals surface area contributed by atoms with Crippen LogP contribution < -0.4 is 10.5 Å². The summed E-state index contributed by atoms with van der Waals surface area (Å²) in [6.07, 6.45) is -0.793. The van der Waals surface area contributed by atoms with Crippen molar-refractivity contribution in [3.8, 4) is 16.2 Å². The van der Waals surface area contributed by atoms with Crippen LogP contribution in [0.25, 0.3) is 10.4 Å². The van der Waals surface area contributed by atoms with Gasteiger partial charge in [-0.1, -0.05) is 18.2 Å². The number of benzene rings is 1. The van der Waals surface area contributed by atoms with Crippen LogP contribution in [0.3, 0.4) is 0 Å². The number of rotatable bonds is 2. The molecule has 3 nitrogen and oxygen atoms in total. The van der Waals surface area contributed by atoms with E-state index in [1.165, 1.54) is 0 Å². The second-order valence-electron chi connectivity index (χ2n) is 2.93. The maximum absolute atomic E-state index is 10.6. The van der Waals surface area contributed by atoms with Crippen LogP contribution in [0.1, 0.15) is 0 Å². The molecule has 1 aromatic carbocycles. The average Bonchev–Trinajstić information content (AvgIpc) is 2.69. The standard InChI is InChI=1S/C11H9NO2S/c12-11(13)14-9-4-1-3-8(7-9)10-5-2-6-15-10/h1-7H,(H2,12,13). The highest BCUT2D eigenvalue weighted by molar-refractivity contribution is 7.13. The van der Waals surface area contributed by atoms with E-state index in [9.17, 15) is 4.79 Å². The van der Waals surface area contributed by atoms with E-state index in [2.05, 4.69) is 0 Å². The Kier molecular flexibility index (Phi) is 2.69. The van der Waals surface area contributed by atoms with Gasteiger partial charge in [-0.15, -0.1) is 11.3 Å². The molecule has 0 saturated carbocycles. The van der Waals surface area contributed by atoms with Crippen molar-refractivity contribution < 1.29 is 9.53 Å². The monoisotopic (exact) mass is 219 g/mol. The molecule has 76 valence electrons. The maximum Gasteiger partial charge on any atom is 0.409 e. The number of carbonyl (C=O) groups is 1. The fourth-order valence-corrected chi connectivity index (χ4v) is 2.00. The molecule has 0 saturated heterocycles. The molecule has 2 aromatic rings. The van der Waals surface area contributed by atoms with Crippen LogP contribution in [0.2, 0.25) is 0 Å². The molecule has 0 atom stereocenters. The number of nitrogens with two attached hydrogens (primary N) is 1. The zero-order valence-corrected chi connectivity index (χ0v) is 8.66. The summed E-state index contributed by atoms with van der Waals surface area (Å²) in [5.41, 5.74) is 5.95. The summed E-state index contributed by atoms with van der Waals surface area (Å²) in [5, 5.41) is 2.00. The first-order chi connectivity index (χ1) is 7.25. The Hall–Kier alpha value is -1.81. The van der Waals surface area contributed by atoms with Crippen LogP contribution in [0.4, 0.5) is 4.79 Å². The van der Waals surface area contributed by atoms with Gasteiger partial charge in [0.05, 0.1) is 0 Å². The molecule has 0 aliphatic carbocycles. The van der Waals surface area contributed by atoms with Crippen LogP contribution in [-0.4, -0.2) is 6.09 Å². The first-order valence-electron chi connectivity index (χ1n) is 4.37.